The molecule has 0 aliphatic heterocycles. The first kappa shape index (κ1) is 16.3. The lowest BCUT2D eigenvalue weighted by Gasteiger charge is -2.05. The second kappa shape index (κ2) is 7.84. The maximum absolute atomic E-state index is 12.1. The van der Waals surface area contributed by atoms with E-state index in [-0.39, 0.29) is 5.91 Å². The molecule has 1 amide bonds. The predicted octanol–water partition coefficient (Wildman–Crippen LogP) is 4.34. The molecule has 0 fully saturated rings. The van der Waals surface area contributed by atoms with E-state index in [9.17, 15) is 4.79 Å². The summed E-state index contributed by atoms with van der Waals surface area (Å²) in [5.74, 6) is 0.00942. The standard InChI is InChI=1S/C19H19N3OS/c1-2-14-5-7-16(8-6-14)21-18(23)10-9-17-13-24-19(22-17)15-4-3-11-20-12-15/h3-8,11-13H,2,9-10H2,1H3,(H,21,23). The van der Waals surface area contributed by atoms with E-state index in [4.69, 9.17) is 0 Å². The van der Waals surface area contributed by atoms with Crippen molar-refractivity contribution in [3.05, 3.63) is 65.4 Å². The van der Waals surface area contributed by atoms with Crippen LogP contribution in [0.15, 0.2) is 54.2 Å². The fourth-order valence-electron chi connectivity index (χ4n) is 2.33. The van der Waals surface area contributed by atoms with Crippen molar-refractivity contribution in [2.45, 2.75) is 26.2 Å². The number of carbonyl (C=O) groups excluding carboxylic acids is 1. The smallest absolute Gasteiger partial charge is 0.224 e. The van der Waals surface area contributed by atoms with Crippen LogP contribution in [0.2, 0.25) is 0 Å². The van der Waals surface area contributed by atoms with Gasteiger partial charge in [-0.1, -0.05) is 19.1 Å². The maximum Gasteiger partial charge on any atom is 0.224 e. The van der Waals surface area contributed by atoms with E-state index in [1.807, 2.05) is 41.8 Å². The normalized spacial score (nSPS) is 10.5. The number of pyridine rings is 1. The van der Waals surface area contributed by atoms with Crippen LogP contribution in [0, 0.1) is 0 Å². The van der Waals surface area contributed by atoms with E-state index >= 15 is 0 Å². The molecular formula is C19H19N3OS. The van der Waals surface area contributed by atoms with Crippen LogP contribution >= 0.6 is 11.3 Å². The van der Waals surface area contributed by atoms with E-state index in [1.165, 1.54) is 5.56 Å². The van der Waals surface area contributed by atoms with Crippen LogP contribution < -0.4 is 5.32 Å². The van der Waals surface area contributed by atoms with Gasteiger partial charge in [-0.2, -0.15) is 0 Å². The number of anilines is 1. The van der Waals surface area contributed by atoms with E-state index < -0.39 is 0 Å². The van der Waals surface area contributed by atoms with Gasteiger partial charge in [-0.3, -0.25) is 9.78 Å². The van der Waals surface area contributed by atoms with Gasteiger partial charge in [-0.25, -0.2) is 4.98 Å². The van der Waals surface area contributed by atoms with Crippen LogP contribution in [0.4, 0.5) is 5.69 Å². The van der Waals surface area contributed by atoms with Crippen molar-refractivity contribution in [3.8, 4) is 10.6 Å². The first-order chi connectivity index (χ1) is 11.7. The summed E-state index contributed by atoms with van der Waals surface area (Å²) in [5.41, 5.74) is 4.05. The van der Waals surface area contributed by atoms with Crippen LogP contribution in [0.1, 0.15) is 24.6 Å². The highest BCUT2D eigenvalue weighted by Crippen LogP contribution is 2.23. The molecule has 0 radical (unpaired) electrons. The number of rotatable bonds is 6. The highest BCUT2D eigenvalue weighted by Gasteiger charge is 2.08. The minimum Gasteiger partial charge on any atom is -0.326 e. The number of benzene rings is 1. The van der Waals surface area contributed by atoms with E-state index in [0.717, 1.165) is 28.4 Å². The predicted molar refractivity (Wildman–Crippen MR) is 98.1 cm³/mol. The van der Waals surface area contributed by atoms with Gasteiger partial charge in [0.2, 0.25) is 5.91 Å². The van der Waals surface area contributed by atoms with E-state index in [2.05, 4.69) is 22.2 Å². The van der Waals surface area contributed by atoms with Gasteiger partial charge >= 0.3 is 0 Å². The minimum atomic E-state index is 0.00942. The maximum atomic E-state index is 12.1. The minimum absolute atomic E-state index is 0.00942. The van der Waals surface area contributed by atoms with Gasteiger partial charge < -0.3 is 5.32 Å². The molecule has 1 N–H and O–H groups in total. The lowest BCUT2D eigenvalue weighted by atomic mass is 10.1. The summed E-state index contributed by atoms with van der Waals surface area (Å²) in [5, 5.41) is 5.87. The molecule has 0 atom stereocenters. The summed E-state index contributed by atoms with van der Waals surface area (Å²) in [7, 11) is 0. The second-order valence-electron chi connectivity index (χ2n) is 5.48. The summed E-state index contributed by atoms with van der Waals surface area (Å²) >= 11 is 1.58. The zero-order chi connectivity index (χ0) is 16.8. The van der Waals surface area contributed by atoms with Crippen LogP contribution in [0.5, 0.6) is 0 Å². The molecule has 4 nitrogen and oxygen atoms in total. The van der Waals surface area contributed by atoms with Gasteiger partial charge in [0.1, 0.15) is 5.01 Å². The topological polar surface area (TPSA) is 54.9 Å². The zero-order valence-electron chi connectivity index (χ0n) is 13.5. The Morgan fingerprint density at radius 1 is 1.21 bits per heavy atom. The molecule has 122 valence electrons. The Hall–Kier alpha value is -2.53. The van der Waals surface area contributed by atoms with Crippen molar-refractivity contribution in [3.63, 3.8) is 0 Å². The van der Waals surface area contributed by atoms with Crippen molar-refractivity contribution < 1.29 is 4.79 Å². The number of thiazole rings is 1. The van der Waals surface area contributed by atoms with Crippen molar-refractivity contribution in [2.24, 2.45) is 0 Å². The Bertz CT molecular complexity index is 797. The van der Waals surface area contributed by atoms with E-state index in [1.54, 1.807) is 23.7 Å². The molecule has 0 bridgehead atoms. The number of nitrogens with one attached hydrogen (secondary N) is 1. The average Bonchev–Trinajstić information content (AvgIpc) is 3.10. The summed E-state index contributed by atoms with van der Waals surface area (Å²) in [6.45, 7) is 2.11. The number of nitrogens with zero attached hydrogens (tertiary/aromatic N) is 2. The van der Waals surface area contributed by atoms with Crippen LogP contribution in [-0.4, -0.2) is 15.9 Å². The van der Waals surface area contributed by atoms with Gasteiger partial charge in [-0.15, -0.1) is 11.3 Å². The number of amides is 1. The molecule has 2 heterocycles. The molecular weight excluding hydrogens is 318 g/mol. The molecule has 0 aliphatic rings. The molecule has 24 heavy (non-hydrogen) atoms. The molecule has 0 unspecified atom stereocenters. The highest BCUT2D eigenvalue weighted by molar-refractivity contribution is 7.13. The Kier molecular flexibility index (Phi) is 5.33. The second-order valence-corrected chi connectivity index (χ2v) is 6.34. The lowest BCUT2D eigenvalue weighted by molar-refractivity contribution is -0.116. The van der Waals surface area contributed by atoms with Gasteiger partial charge in [0.05, 0.1) is 5.69 Å². The zero-order valence-corrected chi connectivity index (χ0v) is 14.3. The fourth-order valence-corrected chi connectivity index (χ4v) is 3.18. The summed E-state index contributed by atoms with van der Waals surface area (Å²) in [6.07, 6.45) is 5.60. The quantitative estimate of drug-likeness (QED) is 0.728. The summed E-state index contributed by atoms with van der Waals surface area (Å²) in [4.78, 5) is 20.8. The third-order valence-electron chi connectivity index (χ3n) is 3.71. The monoisotopic (exact) mass is 337 g/mol. The van der Waals surface area contributed by atoms with Crippen molar-refractivity contribution in [2.75, 3.05) is 5.32 Å². The Labute approximate surface area is 145 Å². The summed E-state index contributed by atoms with van der Waals surface area (Å²) in [6, 6.07) is 11.8. The van der Waals surface area contributed by atoms with Crippen LogP contribution in [0.25, 0.3) is 10.6 Å². The molecule has 0 spiro atoms. The first-order valence-corrected chi connectivity index (χ1v) is 8.86. The number of hydrogen-bond donors (Lipinski definition) is 1. The van der Waals surface area contributed by atoms with Crippen molar-refractivity contribution in [1.82, 2.24) is 9.97 Å². The van der Waals surface area contributed by atoms with E-state index in [0.29, 0.717) is 12.8 Å². The summed E-state index contributed by atoms with van der Waals surface area (Å²) < 4.78 is 0. The van der Waals surface area contributed by atoms with Crippen molar-refractivity contribution >= 4 is 22.9 Å². The Morgan fingerprint density at radius 2 is 2.04 bits per heavy atom. The first-order valence-electron chi connectivity index (χ1n) is 7.98. The fraction of sp³-hybridized carbons (Fsp3) is 0.211. The molecule has 2 aromatic heterocycles. The Morgan fingerprint density at radius 3 is 2.75 bits per heavy atom. The number of aryl methyl sites for hydroxylation is 2. The third kappa shape index (κ3) is 4.26. The molecule has 5 heteroatoms. The number of hydrogen-bond acceptors (Lipinski definition) is 4. The molecule has 0 saturated carbocycles. The number of aromatic nitrogens is 2. The Balaban J connectivity index is 1.53. The largest absolute Gasteiger partial charge is 0.326 e. The number of carbonyl (C=O) groups is 1. The van der Waals surface area contributed by atoms with Gasteiger partial charge in [0.25, 0.3) is 0 Å². The van der Waals surface area contributed by atoms with Gasteiger partial charge in [0.15, 0.2) is 0 Å². The SMILES string of the molecule is CCc1ccc(NC(=O)CCc2csc(-c3cccnc3)n2)cc1. The molecule has 0 saturated heterocycles. The van der Waals surface area contributed by atoms with Crippen LogP contribution in [-0.2, 0) is 17.6 Å². The molecule has 3 aromatic rings. The lowest BCUT2D eigenvalue weighted by Crippen LogP contribution is -2.12. The molecule has 3 rings (SSSR count). The third-order valence-corrected chi connectivity index (χ3v) is 4.65. The molecule has 1 aromatic carbocycles. The van der Waals surface area contributed by atoms with Gasteiger partial charge in [-0.05, 0) is 42.7 Å². The van der Waals surface area contributed by atoms with Crippen LogP contribution in [0.3, 0.4) is 0 Å². The average molecular weight is 337 g/mol. The van der Waals surface area contributed by atoms with Crippen molar-refractivity contribution in [1.29, 1.82) is 0 Å². The van der Waals surface area contributed by atoms with Gasteiger partial charge in [0, 0.05) is 35.4 Å². The molecule has 0 aliphatic carbocycles. The highest BCUT2D eigenvalue weighted by atomic mass is 32.1.